The van der Waals surface area contributed by atoms with Crippen LogP contribution in [0.15, 0.2) is 0 Å². The van der Waals surface area contributed by atoms with Crippen molar-refractivity contribution in [3.63, 3.8) is 0 Å². The van der Waals surface area contributed by atoms with Gasteiger partial charge in [-0.25, -0.2) is 0 Å². The third-order valence-corrected chi connectivity index (χ3v) is 9.39. The van der Waals surface area contributed by atoms with Crippen molar-refractivity contribution < 1.29 is 23.9 Å². The minimum Gasteiger partial charge on any atom is -0.462 e. The molecule has 148 valence electrons. The lowest BCUT2D eigenvalue weighted by Gasteiger charge is -2.62. The van der Waals surface area contributed by atoms with Crippen LogP contribution >= 0.6 is 0 Å². The number of ketones is 1. The van der Waals surface area contributed by atoms with Crippen LogP contribution < -0.4 is 0 Å². The summed E-state index contributed by atoms with van der Waals surface area (Å²) in [6.45, 7) is 5.90. The Labute approximate surface area is 160 Å². The zero-order valence-electron chi connectivity index (χ0n) is 16.6. The number of Topliss-reactive ketones (excluding diaryl/α,β-unsaturated/α-hetero) is 1. The Morgan fingerprint density at radius 3 is 2.59 bits per heavy atom. The van der Waals surface area contributed by atoms with Gasteiger partial charge in [-0.3, -0.25) is 14.4 Å². The molecule has 1 saturated heterocycles. The standard InChI is InChI=1S/C22H30O5/c1-12(23)26-13-6-9-21(3)16-7-8-20(2)15(4-5-17(20)24)18(16)14-11-22(21,10-13)27-19(14)25/h13-16,18H,4-11H2,1-3H3/t13-,14?,15?,16?,18?,20-,21+,22?/m0/s1. The van der Waals surface area contributed by atoms with E-state index in [2.05, 4.69) is 13.8 Å². The molecule has 27 heavy (non-hydrogen) atoms. The Balaban J connectivity index is 1.53. The number of esters is 2. The van der Waals surface area contributed by atoms with Gasteiger partial charge in [0.2, 0.25) is 0 Å². The number of hydrogen-bond acceptors (Lipinski definition) is 5. The first-order chi connectivity index (χ1) is 12.7. The minimum atomic E-state index is -0.495. The maximum Gasteiger partial charge on any atom is 0.309 e. The smallest absolute Gasteiger partial charge is 0.309 e. The van der Waals surface area contributed by atoms with E-state index in [-0.39, 0.29) is 40.7 Å². The third-order valence-electron chi connectivity index (χ3n) is 9.39. The Bertz CT molecular complexity index is 730. The van der Waals surface area contributed by atoms with Crippen molar-refractivity contribution >= 4 is 17.7 Å². The first-order valence-corrected chi connectivity index (χ1v) is 10.6. The molecule has 5 rings (SSSR count). The summed E-state index contributed by atoms with van der Waals surface area (Å²) in [6.07, 6.45) is 6.53. The zero-order chi connectivity index (χ0) is 19.2. The molecule has 0 aromatic rings. The van der Waals surface area contributed by atoms with Crippen LogP contribution in [0, 0.1) is 34.5 Å². The van der Waals surface area contributed by atoms with Gasteiger partial charge in [0.15, 0.2) is 0 Å². The number of hydrogen-bond donors (Lipinski definition) is 0. The molecule has 1 spiro atoms. The lowest BCUT2D eigenvalue weighted by molar-refractivity contribution is -0.206. The monoisotopic (exact) mass is 374 g/mol. The van der Waals surface area contributed by atoms with Crippen LogP contribution in [0.4, 0.5) is 0 Å². The second-order valence-electron chi connectivity index (χ2n) is 10.3. The summed E-state index contributed by atoms with van der Waals surface area (Å²) < 4.78 is 11.7. The van der Waals surface area contributed by atoms with E-state index in [1.165, 1.54) is 6.92 Å². The summed E-state index contributed by atoms with van der Waals surface area (Å²) in [4.78, 5) is 37.1. The fourth-order valence-corrected chi connectivity index (χ4v) is 8.04. The van der Waals surface area contributed by atoms with E-state index in [4.69, 9.17) is 9.47 Å². The lowest BCUT2D eigenvalue weighted by Crippen LogP contribution is -2.63. The zero-order valence-corrected chi connectivity index (χ0v) is 16.6. The van der Waals surface area contributed by atoms with Gasteiger partial charge >= 0.3 is 11.9 Å². The van der Waals surface area contributed by atoms with E-state index in [1.54, 1.807) is 0 Å². The van der Waals surface area contributed by atoms with Crippen molar-refractivity contribution in [1.29, 1.82) is 0 Å². The summed E-state index contributed by atoms with van der Waals surface area (Å²) in [5, 5.41) is 0. The quantitative estimate of drug-likeness (QED) is 0.658. The second kappa shape index (κ2) is 5.36. The topological polar surface area (TPSA) is 69.7 Å². The van der Waals surface area contributed by atoms with Gasteiger partial charge in [-0.05, 0) is 49.9 Å². The van der Waals surface area contributed by atoms with Crippen molar-refractivity contribution in [2.24, 2.45) is 34.5 Å². The van der Waals surface area contributed by atoms with E-state index < -0.39 is 5.60 Å². The summed E-state index contributed by atoms with van der Waals surface area (Å²) in [5.41, 5.74) is -0.816. The van der Waals surface area contributed by atoms with E-state index in [0.29, 0.717) is 30.5 Å². The van der Waals surface area contributed by atoms with Gasteiger partial charge in [0.25, 0.3) is 0 Å². The number of rotatable bonds is 1. The fraction of sp³-hybridized carbons (Fsp3) is 0.864. The van der Waals surface area contributed by atoms with E-state index in [9.17, 15) is 14.4 Å². The first-order valence-electron chi connectivity index (χ1n) is 10.6. The van der Waals surface area contributed by atoms with Crippen LogP contribution in [-0.2, 0) is 23.9 Å². The van der Waals surface area contributed by atoms with Crippen LogP contribution in [0.1, 0.15) is 72.1 Å². The molecular formula is C22H30O5. The molecule has 5 nitrogen and oxygen atoms in total. The van der Waals surface area contributed by atoms with Gasteiger partial charge in [-0.2, -0.15) is 0 Å². The van der Waals surface area contributed by atoms with Crippen LogP contribution in [0.3, 0.4) is 0 Å². The number of fused-ring (bicyclic) bond motifs is 6. The normalized spacial score (nSPS) is 53.2. The molecule has 4 aliphatic carbocycles. The summed E-state index contributed by atoms with van der Waals surface area (Å²) in [5.74, 6) is 1.000. The van der Waals surface area contributed by atoms with E-state index in [1.807, 2.05) is 0 Å². The van der Waals surface area contributed by atoms with Gasteiger partial charge in [0.1, 0.15) is 17.5 Å². The largest absolute Gasteiger partial charge is 0.462 e. The number of carbonyl (C=O) groups excluding carboxylic acids is 3. The van der Waals surface area contributed by atoms with Crippen molar-refractivity contribution in [2.45, 2.75) is 83.8 Å². The van der Waals surface area contributed by atoms with Gasteiger partial charge in [0.05, 0.1) is 5.92 Å². The van der Waals surface area contributed by atoms with Crippen LogP contribution in [0.2, 0.25) is 0 Å². The molecule has 0 N–H and O–H groups in total. The molecule has 1 heterocycles. The molecule has 0 radical (unpaired) electrons. The fourth-order valence-electron chi connectivity index (χ4n) is 8.04. The number of carbonyl (C=O) groups is 3. The Hall–Kier alpha value is -1.39. The molecule has 0 amide bonds. The van der Waals surface area contributed by atoms with Crippen LogP contribution in [0.5, 0.6) is 0 Å². The van der Waals surface area contributed by atoms with Gasteiger partial charge in [0, 0.05) is 37.0 Å². The second-order valence-corrected chi connectivity index (χ2v) is 10.3. The Kier molecular flexibility index (Phi) is 3.51. The molecule has 1 aliphatic heterocycles. The maximum atomic E-state index is 13.0. The van der Waals surface area contributed by atoms with Gasteiger partial charge in [-0.15, -0.1) is 0 Å². The molecule has 5 aliphatic rings. The predicted molar refractivity (Wildman–Crippen MR) is 96.5 cm³/mol. The van der Waals surface area contributed by atoms with Crippen molar-refractivity contribution in [3.8, 4) is 0 Å². The predicted octanol–water partition coefficient (Wildman–Crippen LogP) is 3.44. The highest BCUT2D eigenvalue weighted by molar-refractivity contribution is 5.87. The lowest BCUT2D eigenvalue weighted by atomic mass is 9.42. The van der Waals surface area contributed by atoms with Crippen LogP contribution in [0.25, 0.3) is 0 Å². The van der Waals surface area contributed by atoms with Crippen molar-refractivity contribution in [1.82, 2.24) is 0 Å². The molecule has 0 aromatic carbocycles. The molecule has 2 bridgehead atoms. The molecule has 8 atom stereocenters. The number of ether oxygens (including phenoxy) is 2. The average Bonchev–Trinajstić information content (AvgIpc) is 3.06. The molecule has 5 heteroatoms. The summed E-state index contributed by atoms with van der Waals surface area (Å²) in [6, 6.07) is 0. The third kappa shape index (κ3) is 2.09. The van der Waals surface area contributed by atoms with E-state index in [0.717, 1.165) is 38.5 Å². The molecule has 5 fully saturated rings. The van der Waals surface area contributed by atoms with Crippen molar-refractivity contribution in [2.75, 3.05) is 0 Å². The van der Waals surface area contributed by atoms with Crippen molar-refractivity contribution in [3.05, 3.63) is 0 Å². The maximum absolute atomic E-state index is 13.0. The highest BCUT2D eigenvalue weighted by atomic mass is 16.6. The Morgan fingerprint density at radius 1 is 1.07 bits per heavy atom. The highest BCUT2D eigenvalue weighted by Gasteiger charge is 2.73. The highest BCUT2D eigenvalue weighted by Crippen LogP contribution is 2.71. The molecule has 0 aromatic heterocycles. The van der Waals surface area contributed by atoms with Gasteiger partial charge < -0.3 is 9.47 Å². The SMILES string of the molecule is CC(=O)O[C@H]1CC[C@]2(C)C3CC[C@]4(C)C(=O)CCC4C3C3CC2(C1)OC3=O. The summed E-state index contributed by atoms with van der Waals surface area (Å²) in [7, 11) is 0. The first kappa shape index (κ1) is 17.7. The summed E-state index contributed by atoms with van der Waals surface area (Å²) >= 11 is 0. The molecule has 5 unspecified atom stereocenters. The Morgan fingerprint density at radius 2 is 1.85 bits per heavy atom. The van der Waals surface area contributed by atoms with E-state index >= 15 is 0 Å². The van der Waals surface area contributed by atoms with Gasteiger partial charge in [-0.1, -0.05) is 13.8 Å². The molecular weight excluding hydrogens is 344 g/mol. The minimum absolute atomic E-state index is 0.0687. The average molecular weight is 374 g/mol. The molecule has 4 saturated carbocycles. The van der Waals surface area contributed by atoms with Crippen LogP contribution in [-0.4, -0.2) is 29.4 Å².